The van der Waals surface area contributed by atoms with E-state index in [1.807, 2.05) is 26.0 Å². The van der Waals surface area contributed by atoms with Gasteiger partial charge in [0.05, 0.1) is 18.4 Å². The molecule has 194 valence electrons. The first kappa shape index (κ1) is 27.9. The summed E-state index contributed by atoms with van der Waals surface area (Å²) in [4.78, 5) is 24.6. The maximum Gasteiger partial charge on any atom is 0.343 e. The summed E-state index contributed by atoms with van der Waals surface area (Å²) in [6.07, 6.45) is 2.42. The average molecular weight is 567 g/mol. The Morgan fingerprint density at radius 2 is 1.68 bits per heavy atom. The molecule has 0 atom stereocenters. The zero-order valence-corrected chi connectivity index (χ0v) is 23.0. The fraction of sp³-hybridized carbons (Fsp3) is 0.276. The highest BCUT2D eigenvalue weighted by molar-refractivity contribution is 9.10. The second kappa shape index (κ2) is 13.6. The van der Waals surface area contributed by atoms with Gasteiger partial charge in [0.2, 0.25) is 0 Å². The third kappa shape index (κ3) is 8.46. The largest absolute Gasteiger partial charge is 0.494 e. The number of carbonyl (C=O) groups is 2. The first-order valence-electron chi connectivity index (χ1n) is 12.1. The molecule has 0 aromatic heterocycles. The van der Waals surface area contributed by atoms with Crippen molar-refractivity contribution in [3.63, 3.8) is 0 Å². The van der Waals surface area contributed by atoms with E-state index >= 15 is 0 Å². The molecule has 3 rings (SSSR count). The molecule has 1 amide bonds. The Labute approximate surface area is 226 Å². The van der Waals surface area contributed by atoms with E-state index in [-0.39, 0.29) is 18.4 Å². The highest BCUT2D eigenvalue weighted by Gasteiger charge is 2.13. The molecule has 0 radical (unpaired) electrons. The number of amides is 1. The van der Waals surface area contributed by atoms with Crippen molar-refractivity contribution in [1.82, 2.24) is 5.43 Å². The maximum absolute atomic E-state index is 12.4. The second-order valence-corrected chi connectivity index (χ2v) is 9.56. The molecule has 0 bridgehead atoms. The van der Waals surface area contributed by atoms with Crippen LogP contribution in [0.25, 0.3) is 0 Å². The number of aryl methyl sites for hydroxylation is 1. The topological polar surface area (TPSA) is 86.2 Å². The van der Waals surface area contributed by atoms with Crippen molar-refractivity contribution in [2.24, 2.45) is 5.10 Å². The van der Waals surface area contributed by atoms with Gasteiger partial charge in [-0.15, -0.1) is 0 Å². The molecule has 0 unspecified atom stereocenters. The first-order valence-corrected chi connectivity index (χ1v) is 12.9. The van der Waals surface area contributed by atoms with Gasteiger partial charge in [-0.2, -0.15) is 5.10 Å². The third-order valence-corrected chi connectivity index (χ3v) is 6.18. The highest BCUT2D eigenvalue weighted by atomic mass is 79.9. The maximum atomic E-state index is 12.4. The highest BCUT2D eigenvalue weighted by Crippen LogP contribution is 2.32. The van der Waals surface area contributed by atoms with Crippen LogP contribution >= 0.6 is 15.9 Å². The Kier molecular flexibility index (Phi) is 10.3. The minimum absolute atomic E-state index is 0.154. The summed E-state index contributed by atoms with van der Waals surface area (Å²) in [7, 11) is 0. The molecule has 0 heterocycles. The SMILES string of the molecule is CCCOc1ccc(C(=O)Oc2ccc(/C=N\NC(=O)COc3cc(C)c(Br)cc3C(C)C)cc2)cc1. The van der Waals surface area contributed by atoms with E-state index in [9.17, 15) is 9.59 Å². The van der Waals surface area contributed by atoms with Crippen molar-refractivity contribution in [3.8, 4) is 17.2 Å². The summed E-state index contributed by atoms with van der Waals surface area (Å²) >= 11 is 3.54. The van der Waals surface area contributed by atoms with Crippen LogP contribution < -0.4 is 19.6 Å². The van der Waals surface area contributed by atoms with E-state index in [0.29, 0.717) is 29.4 Å². The van der Waals surface area contributed by atoms with Gasteiger partial charge in [-0.25, -0.2) is 10.2 Å². The molecule has 7 nitrogen and oxygen atoms in total. The van der Waals surface area contributed by atoms with Gasteiger partial charge in [-0.3, -0.25) is 4.79 Å². The summed E-state index contributed by atoms with van der Waals surface area (Å²) in [5, 5.41) is 3.98. The van der Waals surface area contributed by atoms with Crippen LogP contribution in [0.1, 0.15) is 60.2 Å². The van der Waals surface area contributed by atoms with Gasteiger partial charge in [0, 0.05) is 4.47 Å². The van der Waals surface area contributed by atoms with Crippen molar-refractivity contribution in [2.45, 2.75) is 40.0 Å². The van der Waals surface area contributed by atoms with Gasteiger partial charge < -0.3 is 14.2 Å². The van der Waals surface area contributed by atoms with Crippen LogP contribution in [-0.2, 0) is 4.79 Å². The Bertz CT molecular complexity index is 1240. The summed E-state index contributed by atoms with van der Waals surface area (Å²) in [5.74, 6) is 1.21. The van der Waals surface area contributed by atoms with Crippen molar-refractivity contribution >= 4 is 34.0 Å². The second-order valence-electron chi connectivity index (χ2n) is 8.71. The minimum Gasteiger partial charge on any atom is -0.494 e. The quantitative estimate of drug-likeness (QED) is 0.125. The Hall–Kier alpha value is -3.65. The van der Waals surface area contributed by atoms with E-state index in [0.717, 1.165) is 27.6 Å². The number of nitrogens with one attached hydrogen (secondary N) is 1. The molecule has 1 N–H and O–H groups in total. The number of hydrogen-bond donors (Lipinski definition) is 1. The number of ether oxygens (including phenoxy) is 3. The van der Waals surface area contributed by atoms with Gasteiger partial charge in [-0.1, -0.05) is 36.7 Å². The zero-order chi connectivity index (χ0) is 26.8. The number of hydrazone groups is 1. The number of halogens is 1. The van der Waals surface area contributed by atoms with Crippen molar-refractivity contribution in [1.29, 1.82) is 0 Å². The minimum atomic E-state index is -0.461. The summed E-state index contributed by atoms with van der Waals surface area (Å²) in [5.41, 5.74) is 5.67. The zero-order valence-electron chi connectivity index (χ0n) is 21.4. The van der Waals surface area contributed by atoms with Crippen LogP contribution in [-0.4, -0.2) is 31.3 Å². The van der Waals surface area contributed by atoms with Gasteiger partial charge >= 0.3 is 5.97 Å². The predicted octanol–water partition coefficient (Wildman–Crippen LogP) is 6.42. The molecule has 0 aliphatic heterocycles. The van der Waals surface area contributed by atoms with Gasteiger partial charge in [-0.05, 0) is 96.6 Å². The molecule has 3 aromatic rings. The molecule has 0 aliphatic carbocycles. The van der Waals surface area contributed by atoms with E-state index in [1.165, 1.54) is 6.21 Å². The number of nitrogens with zero attached hydrogens (tertiary/aromatic N) is 1. The smallest absolute Gasteiger partial charge is 0.343 e. The summed E-state index contributed by atoms with van der Waals surface area (Å²) in [6, 6.07) is 17.5. The van der Waals surface area contributed by atoms with Gasteiger partial charge in [0.25, 0.3) is 5.91 Å². The molecule has 0 aliphatic rings. The Balaban J connectivity index is 1.48. The number of carbonyl (C=O) groups excluding carboxylic acids is 2. The van der Waals surface area contributed by atoms with E-state index in [1.54, 1.807) is 48.5 Å². The van der Waals surface area contributed by atoms with Crippen LogP contribution in [0.4, 0.5) is 0 Å². The number of esters is 1. The van der Waals surface area contributed by atoms with Crippen molar-refractivity contribution in [2.75, 3.05) is 13.2 Å². The van der Waals surface area contributed by atoms with Crippen LogP contribution in [0.3, 0.4) is 0 Å². The molecular formula is C29H31BrN2O5. The lowest BCUT2D eigenvalue weighted by Gasteiger charge is -2.15. The summed E-state index contributed by atoms with van der Waals surface area (Å²) < 4.78 is 17.7. The standard InChI is InChI=1S/C29H31BrN2O5/c1-5-14-35-23-12-8-22(9-13-23)29(34)37-24-10-6-21(7-11-24)17-31-32-28(33)18-36-27-15-20(4)26(30)16-25(27)19(2)3/h6-13,15-17,19H,5,14,18H2,1-4H3,(H,32,33)/b31-17-. The van der Waals surface area contributed by atoms with E-state index in [4.69, 9.17) is 14.2 Å². The average Bonchev–Trinajstić information content (AvgIpc) is 2.89. The van der Waals surface area contributed by atoms with Gasteiger partial charge in [0.15, 0.2) is 6.61 Å². The molecule has 8 heteroatoms. The Morgan fingerprint density at radius 3 is 2.32 bits per heavy atom. The lowest BCUT2D eigenvalue weighted by atomic mass is 10.0. The molecule has 0 saturated carbocycles. The van der Waals surface area contributed by atoms with Crippen LogP contribution in [0.5, 0.6) is 17.2 Å². The lowest BCUT2D eigenvalue weighted by Crippen LogP contribution is -2.25. The fourth-order valence-corrected chi connectivity index (χ4v) is 3.66. The van der Waals surface area contributed by atoms with Gasteiger partial charge in [0.1, 0.15) is 17.2 Å². The van der Waals surface area contributed by atoms with E-state index in [2.05, 4.69) is 40.3 Å². The molecular weight excluding hydrogens is 536 g/mol. The number of hydrogen-bond acceptors (Lipinski definition) is 6. The molecule has 3 aromatic carbocycles. The summed E-state index contributed by atoms with van der Waals surface area (Å²) in [6.45, 7) is 8.62. The fourth-order valence-electron chi connectivity index (χ4n) is 3.30. The van der Waals surface area contributed by atoms with Crippen LogP contribution in [0.2, 0.25) is 0 Å². The normalized spacial score (nSPS) is 11.0. The predicted molar refractivity (Wildman–Crippen MR) is 148 cm³/mol. The molecule has 0 saturated heterocycles. The van der Waals surface area contributed by atoms with Crippen LogP contribution in [0.15, 0.2) is 70.2 Å². The third-order valence-electron chi connectivity index (χ3n) is 5.33. The monoisotopic (exact) mass is 566 g/mol. The van der Waals surface area contributed by atoms with Crippen molar-refractivity contribution < 1.29 is 23.8 Å². The molecule has 37 heavy (non-hydrogen) atoms. The van der Waals surface area contributed by atoms with Crippen molar-refractivity contribution in [3.05, 3.63) is 87.4 Å². The van der Waals surface area contributed by atoms with Crippen LogP contribution in [0, 0.1) is 6.92 Å². The lowest BCUT2D eigenvalue weighted by molar-refractivity contribution is -0.123. The Morgan fingerprint density at radius 1 is 1.00 bits per heavy atom. The first-order chi connectivity index (χ1) is 17.8. The molecule has 0 spiro atoms. The number of rotatable bonds is 11. The van der Waals surface area contributed by atoms with E-state index < -0.39 is 5.97 Å². The number of benzene rings is 3. The molecule has 0 fully saturated rings.